The van der Waals surface area contributed by atoms with Crippen LogP contribution in [0, 0.1) is 12.8 Å². The molecule has 0 aliphatic carbocycles. The van der Waals surface area contributed by atoms with Gasteiger partial charge in [-0.05, 0) is 42.7 Å². The molecule has 8 heteroatoms. The fourth-order valence-corrected chi connectivity index (χ4v) is 5.34. The zero-order valence-corrected chi connectivity index (χ0v) is 20.1. The quantitative estimate of drug-likeness (QED) is 0.705. The zero-order valence-electron chi connectivity index (χ0n) is 18.5. The van der Waals surface area contributed by atoms with Crippen molar-refractivity contribution >= 4 is 33.6 Å². The summed E-state index contributed by atoms with van der Waals surface area (Å²) in [6.07, 6.45) is -0.477. The molecule has 4 unspecified atom stereocenters. The van der Waals surface area contributed by atoms with Gasteiger partial charge in [-0.1, -0.05) is 52.7 Å². The molecule has 5 rings (SSSR count). The fraction of sp³-hybridized carbons (Fsp3) is 0.417. The lowest BCUT2D eigenvalue weighted by molar-refractivity contribution is -0.139. The number of hydrogen-bond acceptors (Lipinski definition) is 5. The molecule has 4 atom stereocenters. The predicted octanol–water partition coefficient (Wildman–Crippen LogP) is 3.19. The van der Waals surface area contributed by atoms with Crippen molar-refractivity contribution in [1.82, 2.24) is 20.0 Å². The minimum Gasteiger partial charge on any atom is -0.343 e. The Bertz CT molecular complexity index is 1030. The smallest absolute Gasteiger partial charge is 0.328 e. The maximum Gasteiger partial charge on any atom is 0.328 e. The largest absolute Gasteiger partial charge is 0.343 e. The van der Waals surface area contributed by atoms with E-state index in [1.54, 1.807) is 11.9 Å². The number of benzene rings is 2. The van der Waals surface area contributed by atoms with Gasteiger partial charge in [-0.25, -0.2) is 4.79 Å². The Morgan fingerprint density at radius 2 is 1.72 bits per heavy atom. The Hall–Kier alpha value is -2.42. The summed E-state index contributed by atoms with van der Waals surface area (Å²) < 4.78 is 0.969. The molecule has 3 aliphatic rings. The number of carbonyl (C=O) groups excluding carboxylic acids is 2. The maximum absolute atomic E-state index is 13.7. The van der Waals surface area contributed by atoms with E-state index >= 15 is 0 Å². The van der Waals surface area contributed by atoms with Crippen LogP contribution in [0.5, 0.6) is 0 Å². The SMILES string of the molecule is Cc1ccc(N2CC(C)CN3C4C(=O)N(Cc5ccc(Br)cc5)C(=O)N(C)C4NC23)cc1. The first-order valence-corrected chi connectivity index (χ1v) is 11.8. The Labute approximate surface area is 197 Å². The summed E-state index contributed by atoms with van der Waals surface area (Å²) in [6.45, 7) is 6.27. The van der Waals surface area contributed by atoms with E-state index < -0.39 is 6.04 Å². The van der Waals surface area contributed by atoms with Crippen molar-refractivity contribution in [3.05, 3.63) is 64.1 Å². The third-order valence-electron chi connectivity index (χ3n) is 6.70. The summed E-state index contributed by atoms with van der Waals surface area (Å²) >= 11 is 3.44. The van der Waals surface area contributed by atoms with Gasteiger partial charge in [-0.3, -0.25) is 19.9 Å². The lowest BCUT2D eigenvalue weighted by atomic mass is 10.0. The average molecular weight is 498 g/mol. The Morgan fingerprint density at radius 1 is 1.03 bits per heavy atom. The van der Waals surface area contributed by atoms with E-state index in [9.17, 15) is 9.59 Å². The van der Waals surface area contributed by atoms with E-state index in [-0.39, 0.29) is 30.9 Å². The molecule has 3 fully saturated rings. The van der Waals surface area contributed by atoms with Crippen LogP contribution in [0.3, 0.4) is 0 Å². The van der Waals surface area contributed by atoms with Gasteiger partial charge in [0.25, 0.3) is 5.91 Å². The average Bonchev–Trinajstić information content (AvgIpc) is 3.16. The van der Waals surface area contributed by atoms with Crippen LogP contribution in [0.25, 0.3) is 0 Å². The fourth-order valence-electron chi connectivity index (χ4n) is 5.07. The number of carbonyl (C=O) groups is 2. The number of aryl methyl sites for hydroxylation is 1. The molecule has 0 spiro atoms. The molecular weight excluding hydrogens is 470 g/mol. The van der Waals surface area contributed by atoms with Crippen LogP contribution >= 0.6 is 15.9 Å². The van der Waals surface area contributed by atoms with Crippen molar-refractivity contribution in [3.8, 4) is 0 Å². The number of imide groups is 1. The highest BCUT2D eigenvalue weighted by Crippen LogP contribution is 2.35. The van der Waals surface area contributed by atoms with Gasteiger partial charge in [-0.15, -0.1) is 0 Å². The van der Waals surface area contributed by atoms with Crippen molar-refractivity contribution in [1.29, 1.82) is 0 Å². The molecule has 3 aliphatic heterocycles. The van der Waals surface area contributed by atoms with Gasteiger partial charge in [-0.2, -0.15) is 0 Å². The highest BCUT2D eigenvalue weighted by atomic mass is 79.9. The lowest BCUT2D eigenvalue weighted by Gasteiger charge is -2.46. The molecule has 2 aromatic rings. The Morgan fingerprint density at radius 3 is 2.41 bits per heavy atom. The van der Waals surface area contributed by atoms with E-state index in [1.165, 1.54) is 10.5 Å². The number of amides is 3. The van der Waals surface area contributed by atoms with Crippen molar-refractivity contribution in [3.63, 3.8) is 0 Å². The highest BCUT2D eigenvalue weighted by Gasteiger charge is 2.56. The van der Waals surface area contributed by atoms with Crippen LogP contribution in [-0.2, 0) is 11.3 Å². The third-order valence-corrected chi connectivity index (χ3v) is 7.23. The highest BCUT2D eigenvalue weighted by molar-refractivity contribution is 9.10. The van der Waals surface area contributed by atoms with Gasteiger partial charge in [0, 0.05) is 30.3 Å². The third kappa shape index (κ3) is 3.60. The van der Waals surface area contributed by atoms with Crippen molar-refractivity contribution < 1.29 is 9.59 Å². The van der Waals surface area contributed by atoms with E-state index in [2.05, 4.69) is 69.2 Å². The lowest BCUT2D eigenvalue weighted by Crippen LogP contribution is -2.66. The zero-order chi connectivity index (χ0) is 22.6. The Kier molecular flexibility index (Phi) is 5.47. The summed E-state index contributed by atoms with van der Waals surface area (Å²) in [5.41, 5.74) is 3.27. The van der Waals surface area contributed by atoms with Crippen LogP contribution < -0.4 is 10.2 Å². The molecule has 7 nitrogen and oxygen atoms in total. The standard InChI is InChI=1S/C24H28BrN5O2/c1-15-4-10-19(11-5-15)28-12-16(2)13-29-20-21(26-23(28)29)27(3)24(32)30(22(20)31)14-17-6-8-18(25)9-7-17/h4-11,16,20-21,23,26H,12-14H2,1-3H3. The number of hydrogen-bond donors (Lipinski definition) is 1. The second-order valence-electron chi connectivity index (χ2n) is 9.16. The summed E-state index contributed by atoms with van der Waals surface area (Å²) in [4.78, 5) is 34.4. The number of nitrogens with zero attached hydrogens (tertiary/aromatic N) is 4. The number of likely N-dealkylation sites (N-methyl/N-ethyl adjacent to an activating group) is 1. The van der Waals surface area contributed by atoms with Gasteiger partial charge >= 0.3 is 6.03 Å². The van der Waals surface area contributed by atoms with Gasteiger partial charge in [0.05, 0.1) is 6.54 Å². The van der Waals surface area contributed by atoms with E-state index in [0.29, 0.717) is 5.92 Å². The number of urea groups is 1. The molecule has 0 bridgehead atoms. The number of anilines is 1. The summed E-state index contributed by atoms with van der Waals surface area (Å²) in [5, 5.41) is 3.58. The number of fused-ring (bicyclic) bond motifs is 3. The molecule has 0 aromatic heterocycles. The maximum atomic E-state index is 13.7. The van der Waals surface area contributed by atoms with Gasteiger partial charge < -0.3 is 9.80 Å². The monoisotopic (exact) mass is 497 g/mol. The summed E-state index contributed by atoms with van der Waals surface area (Å²) in [5.74, 6) is 0.262. The molecule has 2 aromatic carbocycles. The first-order chi connectivity index (χ1) is 15.3. The molecular formula is C24H28BrN5O2. The first kappa shape index (κ1) is 21.4. The van der Waals surface area contributed by atoms with Crippen molar-refractivity contribution in [2.45, 2.75) is 38.9 Å². The minimum atomic E-state index is -0.408. The van der Waals surface area contributed by atoms with Gasteiger partial charge in [0.15, 0.2) is 0 Å². The molecule has 0 radical (unpaired) electrons. The second-order valence-corrected chi connectivity index (χ2v) is 10.1. The number of nitrogens with one attached hydrogen (secondary N) is 1. The van der Waals surface area contributed by atoms with E-state index in [1.807, 2.05) is 24.3 Å². The summed E-state index contributed by atoms with van der Waals surface area (Å²) in [7, 11) is 1.78. The van der Waals surface area contributed by atoms with Crippen LogP contribution in [0.2, 0.25) is 0 Å². The van der Waals surface area contributed by atoms with Crippen LogP contribution in [0.15, 0.2) is 53.0 Å². The molecule has 3 saturated heterocycles. The van der Waals surface area contributed by atoms with Crippen LogP contribution in [0.1, 0.15) is 18.1 Å². The molecule has 1 N–H and O–H groups in total. The van der Waals surface area contributed by atoms with Gasteiger partial charge in [0.2, 0.25) is 0 Å². The number of rotatable bonds is 3. The number of halogens is 1. The molecule has 168 valence electrons. The molecule has 3 heterocycles. The molecule has 32 heavy (non-hydrogen) atoms. The Balaban J connectivity index is 1.45. The van der Waals surface area contributed by atoms with Crippen molar-refractivity contribution in [2.24, 2.45) is 5.92 Å². The van der Waals surface area contributed by atoms with E-state index in [0.717, 1.165) is 28.8 Å². The van der Waals surface area contributed by atoms with Crippen LogP contribution in [0.4, 0.5) is 10.5 Å². The molecule has 0 saturated carbocycles. The minimum absolute atomic E-state index is 0.129. The van der Waals surface area contributed by atoms with Crippen LogP contribution in [-0.4, -0.2) is 65.3 Å². The van der Waals surface area contributed by atoms with E-state index in [4.69, 9.17) is 0 Å². The van der Waals surface area contributed by atoms with Crippen molar-refractivity contribution in [2.75, 3.05) is 25.0 Å². The van der Waals surface area contributed by atoms with Gasteiger partial charge in [0.1, 0.15) is 18.5 Å². The topological polar surface area (TPSA) is 59.1 Å². The normalized spacial score (nSPS) is 28.2. The molecule has 3 amide bonds. The predicted molar refractivity (Wildman–Crippen MR) is 127 cm³/mol. The summed E-state index contributed by atoms with van der Waals surface area (Å²) in [6, 6.07) is 15.6. The first-order valence-electron chi connectivity index (χ1n) is 11.0. The second kappa shape index (κ2) is 8.17.